The van der Waals surface area contributed by atoms with Gasteiger partial charge >= 0.3 is 12.0 Å². The Morgan fingerprint density at radius 2 is 1.85 bits per heavy atom. The third kappa shape index (κ3) is 8.56. The summed E-state index contributed by atoms with van der Waals surface area (Å²) in [4.78, 5) is 22.7. The summed E-state index contributed by atoms with van der Waals surface area (Å²) in [6, 6.07) is 5.80. The lowest BCUT2D eigenvalue weighted by molar-refractivity contribution is -0.142. The first kappa shape index (κ1) is 22.3. The maximum atomic E-state index is 11.6. The predicted octanol–water partition coefficient (Wildman–Crippen LogP) is 3.77. The van der Waals surface area contributed by atoms with Gasteiger partial charge in [-0.1, -0.05) is 26.8 Å². The van der Waals surface area contributed by atoms with Crippen LogP contribution in [-0.2, 0) is 14.9 Å². The zero-order valence-corrected chi connectivity index (χ0v) is 17.6. The number of benzene rings is 1. The fourth-order valence-corrected chi connectivity index (χ4v) is 2.61. The average molecular weight is 429 g/mol. The van der Waals surface area contributed by atoms with Crippen molar-refractivity contribution in [1.29, 1.82) is 0 Å². The van der Waals surface area contributed by atoms with Gasteiger partial charge < -0.3 is 20.1 Å². The van der Waals surface area contributed by atoms with Crippen LogP contribution in [-0.4, -0.2) is 38.3 Å². The van der Waals surface area contributed by atoms with E-state index in [1.807, 2.05) is 6.07 Å². The predicted molar refractivity (Wildman–Crippen MR) is 106 cm³/mol. The Kier molecular flexibility index (Phi) is 9.48. The highest BCUT2D eigenvalue weighted by Gasteiger charge is 2.15. The first-order chi connectivity index (χ1) is 12.2. The maximum absolute atomic E-state index is 11.6. The zero-order chi connectivity index (χ0) is 19.6. The Morgan fingerprint density at radius 1 is 1.15 bits per heavy atom. The van der Waals surface area contributed by atoms with Gasteiger partial charge in [0.05, 0.1) is 24.1 Å². The highest BCUT2D eigenvalue weighted by molar-refractivity contribution is 9.10. The van der Waals surface area contributed by atoms with E-state index in [1.165, 1.54) is 5.56 Å². The molecule has 0 saturated carbocycles. The molecule has 26 heavy (non-hydrogen) atoms. The Morgan fingerprint density at radius 3 is 2.46 bits per heavy atom. The van der Waals surface area contributed by atoms with Crippen molar-refractivity contribution in [2.45, 2.75) is 46.0 Å². The van der Waals surface area contributed by atoms with Gasteiger partial charge in [0, 0.05) is 13.1 Å². The molecule has 0 spiro atoms. The second-order valence-corrected chi connectivity index (χ2v) is 7.69. The first-order valence-electron chi connectivity index (χ1n) is 8.84. The monoisotopic (exact) mass is 428 g/mol. The summed E-state index contributed by atoms with van der Waals surface area (Å²) in [6.45, 7) is 9.84. The molecule has 0 bridgehead atoms. The Labute approximate surface area is 164 Å². The second kappa shape index (κ2) is 11.1. The lowest BCUT2D eigenvalue weighted by atomic mass is 9.87. The van der Waals surface area contributed by atoms with Gasteiger partial charge in [0.25, 0.3) is 0 Å². The number of carbonyl (C=O) groups excluding carboxylic acids is 2. The molecule has 0 unspecified atom stereocenters. The zero-order valence-electron chi connectivity index (χ0n) is 16.0. The summed E-state index contributed by atoms with van der Waals surface area (Å²) in [6.07, 6.45) is 0.849. The van der Waals surface area contributed by atoms with E-state index in [0.29, 0.717) is 26.2 Å². The topological polar surface area (TPSA) is 76.7 Å². The molecule has 0 aliphatic carbocycles. The Bertz CT molecular complexity index is 600. The molecule has 1 aromatic carbocycles. The molecule has 0 saturated heterocycles. The molecule has 0 heterocycles. The van der Waals surface area contributed by atoms with Crippen LogP contribution in [0.15, 0.2) is 22.7 Å². The lowest BCUT2D eigenvalue weighted by Crippen LogP contribution is -2.37. The molecule has 2 N–H and O–H groups in total. The number of halogens is 1. The summed E-state index contributed by atoms with van der Waals surface area (Å²) in [7, 11) is 0. The van der Waals surface area contributed by atoms with Crippen LogP contribution in [0.5, 0.6) is 5.75 Å². The Hall–Kier alpha value is -1.76. The minimum Gasteiger partial charge on any atom is -0.492 e. The van der Waals surface area contributed by atoms with Gasteiger partial charge in [0.15, 0.2) is 0 Å². The molecule has 7 heteroatoms. The van der Waals surface area contributed by atoms with Crippen LogP contribution >= 0.6 is 15.9 Å². The van der Waals surface area contributed by atoms with Crippen molar-refractivity contribution >= 4 is 27.9 Å². The molecule has 1 rings (SSSR count). The molecule has 2 amide bonds. The highest BCUT2D eigenvalue weighted by Crippen LogP contribution is 2.31. The summed E-state index contributed by atoms with van der Waals surface area (Å²) in [5.74, 6) is 0.473. The molecule has 0 atom stereocenters. The van der Waals surface area contributed by atoms with Crippen LogP contribution in [0.4, 0.5) is 4.79 Å². The molecule has 0 radical (unpaired) electrons. The molecule has 0 aromatic heterocycles. The fraction of sp³-hybridized carbons (Fsp3) is 0.579. The smallest absolute Gasteiger partial charge is 0.314 e. The molecule has 0 fully saturated rings. The molecule has 0 aliphatic heterocycles. The number of amides is 2. The minimum atomic E-state index is -0.316. The SMILES string of the molecule is CCOC(=O)CCNC(=O)NCCCOc1ccc(C(C)(C)C)cc1Br. The standard InChI is InChI=1S/C19H29BrN2O4/c1-5-25-17(23)9-11-22-18(24)21-10-6-12-26-16-8-7-14(13-15(16)20)19(2,3)4/h7-8,13H,5-6,9-12H2,1-4H3,(H2,21,22,24). The van der Waals surface area contributed by atoms with Crippen molar-refractivity contribution in [2.75, 3.05) is 26.3 Å². The number of esters is 1. The van der Waals surface area contributed by atoms with Gasteiger partial charge in [-0.15, -0.1) is 0 Å². The molecule has 146 valence electrons. The van der Waals surface area contributed by atoms with Gasteiger partial charge in [-0.25, -0.2) is 4.79 Å². The number of urea groups is 1. The van der Waals surface area contributed by atoms with Crippen molar-refractivity contribution in [3.63, 3.8) is 0 Å². The first-order valence-corrected chi connectivity index (χ1v) is 9.63. The fourth-order valence-electron chi connectivity index (χ4n) is 2.11. The summed E-state index contributed by atoms with van der Waals surface area (Å²) >= 11 is 3.54. The van der Waals surface area contributed by atoms with Gasteiger partial charge in [0.2, 0.25) is 0 Å². The Balaban J connectivity index is 2.21. The van der Waals surface area contributed by atoms with E-state index in [2.05, 4.69) is 59.5 Å². The lowest BCUT2D eigenvalue weighted by Gasteiger charge is -2.20. The van der Waals surface area contributed by atoms with Crippen LogP contribution in [0, 0.1) is 0 Å². The second-order valence-electron chi connectivity index (χ2n) is 6.83. The molecule has 6 nitrogen and oxygen atoms in total. The van der Waals surface area contributed by atoms with Crippen molar-refractivity contribution in [3.05, 3.63) is 28.2 Å². The van der Waals surface area contributed by atoms with E-state index in [1.54, 1.807) is 6.92 Å². The van der Waals surface area contributed by atoms with Crippen LogP contribution in [0.25, 0.3) is 0 Å². The summed E-state index contributed by atoms with van der Waals surface area (Å²) in [5, 5.41) is 5.34. The molecule has 1 aromatic rings. The van der Waals surface area contributed by atoms with Crippen molar-refractivity contribution in [1.82, 2.24) is 10.6 Å². The van der Waals surface area contributed by atoms with Gasteiger partial charge in [-0.2, -0.15) is 0 Å². The minimum absolute atomic E-state index is 0.0889. The quantitative estimate of drug-likeness (QED) is 0.463. The van der Waals surface area contributed by atoms with E-state index in [-0.39, 0.29) is 30.4 Å². The van der Waals surface area contributed by atoms with Gasteiger partial charge in [-0.05, 0) is 52.4 Å². The molecular formula is C19H29BrN2O4. The van der Waals surface area contributed by atoms with Gasteiger partial charge in [0.1, 0.15) is 5.75 Å². The van der Waals surface area contributed by atoms with Crippen molar-refractivity contribution < 1.29 is 19.1 Å². The number of carbonyl (C=O) groups is 2. The summed E-state index contributed by atoms with van der Waals surface area (Å²) < 4.78 is 11.5. The normalized spacial score (nSPS) is 11.0. The van der Waals surface area contributed by atoms with Crippen LogP contribution in [0.3, 0.4) is 0 Å². The van der Waals surface area contributed by atoms with Crippen molar-refractivity contribution in [3.8, 4) is 5.75 Å². The number of rotatable bonds is 9. The summed E-state index contributed by atoms with van der Waals surface area (Å²) in [5.41, 5.74) is 1.32. The third-order valence-corrected chi connectivity index (χ3v) is 4.20. The largest absolute Gasteiger partial charge is 0.492 e. The maximum Gasteiger partial charge on any atom is 0.314 e. The number of hydrogen-bond acceptors (Lipinski definition) is 4. The number of ether oxygens (including phenoxy) is 2. The van der Waals surface area contributed by atoms with E-state index in [9.17, 15) is 9.59 Å². The van der Waals surface area contributed by atoms with E-state index in [0.717, 1.165) is 10.2 Å². The number of hydrogen-bond donors (Lipinski definition) is 2. The van der Waals surface area contributed by atoms with Crippen LogP contribution in [0.1, 0.15) is 46.1 Å². The van der Waals surface area contributed by atoms with Crippen molar-refractivity contribution in [2.24, 2.45) is 0 Å². The molecular weight excluding hydrogens is 400 g/mol. The van der Waals surface area contributed by atoms with Crippen LogP contribution in [0.2, 0.25) is 0 Å². The van der Waals surface area contributed by atoms with E-state index in [4.69, 9.17) is 9.47 Å². The third-order valence-electron chi connectivity index (χ3n) is 3.58. The average Bonchev–Trinajstić information content (AvgIpc) is 2.55. The number of nitrogens with one attached hydrogen (secondary N) is 2. The van der Waals surface area contributed by atoms with Gasteiger partial charge in [-0.3, -0.25) is 4.79 Å². The van der Waals surface area contributed by atoms with Crippen LogP contribution < -0.4 is 15.4 Å². The van der Waals surface area contributed by atoms with E-state index < -0.39 is 0 Å². The van der Waals surface area contributed by atoms with E-state index >= 15 is 0 Å². The highest BCUT2D eigenvalue weighted by atomic mass is 79.9. The molecule has 0 aliphatic rings.